The standard InChI is InChI=1S/C23H22N6O2S2/c1-25-17-6-5-14(10-18(17)33-13-24)11-27-22(30)16-4-3-8-29-20(23(31)26-2)19(28-21(16)29)15-7-9-32-12-15/h3-10,12H,1,11,13,24H2,2H3,(H,26,31)(H,27,30). The molecule has 0 fully saturated rings. The van der Waals surface area contributed by atoms with E-state index in [1.54, 1.807) is 29.8 Å². The first-order chi connectivity index (χ1) is 16.1. The highest BCUT2D eigenvalue weighted by molar-refractivity contribution is 7.99. The summed E-state index contributed by atoms with van der Waals surface area (Å²) in [6, 6.07) is 11.0. The number of hydrogen-bond acceptors (Lipinski definition) is 7. The summed E-state index contributed by atoms with van der Waals surface area (Å²) in [4.78, 5) is 35.3. The Kier molecular flexibility index (Phi) is 6.87. The van der Waals surface area contributed by atoms with E-state index in [4.69, 9.17) is 5.73 Å². The number of nitrogens with zero attached hydrogens (tertiary/aromatic N) is 3. The SMILES string of the molecule is C=Nc1ccc(CNC(=O)c2cccn3c(C(=O)NC)c(-c4ccsc4)nc23)cc1SCN. The lowest BCUT2D eigenvalue weighted by atomic mass is 10.2. The largest absolute Gasteiger partial charge is 0.354 e. The minimum absolute atomic E-state index is 0.276. The summed E-state index contributed by atoms with van der Waals surface area (Å²) >= 11 is 2.98. The van der Waals surface area contributed by atoms with Crippen LogP contribution in [0.1, 0.15) is 26.4 Å². The number of pyridine rings is 1. The van der Waals surface area contributed by atoms with E-state index in [-0.39, 0.29) is 11.8 Å². The second-order valence-electron chi connectivity index (χ2n) is 6.97. The van der Waals surface area contributed by atoms with Crippen molar-refractivity contribution in [2.24, 2.45) is 10.7 Å². The monoisotopic (exact) mass is 478 g/mol. The van der Waals surface area contributed by atoms with E-state index in [2.05, 4.69) is 27.3 Å². The van der Waals surface area contributed by atoms with Crippen LogP contribution in [0.3, 0.4) is 0 Å². The van der Waals surface area contributed by atoms with E-state index < -0.39 is 0 Å². The summed E-state index contributed by atoms with van der Waals surface area (Å²) in [6.45, 7) is 3.90. The number of carbonyl (C=O) groups is 2. The zero-order chi connectivity index (χ0) is 23.4. The summed E-state index contributed by atoms with van der Waals surface area (Å²) in [5, 5.41) is 9.45. The van der Waals surface area contributed by atoms with E-state index in [1.165, 1.54) is 23.1 Å². The van der Waals surface area contributed by atoms with Gasteiger partial charge in [-0.1, -0.05) is 6.07 Å². The van der Waals surface area contributed by atoms with Crippen LogP contribution >= 0.6 is 23.1 Å². The van der Waals surface area contributed by atoms with Crippen molar-refractivity contribution in [3.8, 4) is 11.3 Å². The van der Waals surface area contributed by atoms with E-state index >= 15 is 0 Å². The molecule has 0 aliphatic heterocycles. The van der Waals surface area contributed by atoms with Crippen LogP contribution < -0.4 is 16.4 Å². The van der Waals surface area contributed by atoms with Crippen LogP contribution in [0.4, 0.5) is 5.69 Å². The molecule has 4 aromatic rings. The number of rotatable bonds is 8. The van der Waals surface area contributed by atoms with Gasteiger partial charge in [0.25, 0.3) is 11.8 Å². The topological polar surface area (TPSA) is 114 Å². The molecule has 10 heteroatoms. The fourth-order valence-corrected chi connectivity index (χ4v) is 4.80. The first-order valence-corrected chi connectivity index (χ1v) is 12.0. The smallest absolute Gasteiger partial charge is 0.270 e. The van der Waals surface area contributed by atoms with Crippen LogP contribution in [0.2, 0.25) is 0 Å². The van der Waals surface area contributed by atoms with E-state index in [0.29, 0.717) is 35.0 Å². The van der Waals surface area contributed by atoms with Crippen molar-refractivity contribution in [1.82, 2.24) is 20.0 Å². The van der Waals surface area contributed by atoms with Crippen LogP contribution in [0, 0.1) is 0 Å². The summed E-state index contributed by atoms with van der Waals surface area (Å²) in [5.74, 6) is -0.146. The molecule has 33 heavy (non-hydrogen) atoms. The van der Waals surface area contributed by atoms with Crippen molar-refractivity contribution < 1.29 is 9.59 Å². The molecule has 0 spiro atoms. The number of fused-ring (bicyclic) bond motifs is 1. The number of nitrogens with two attached hydrogens (primary N) is 1. The first kappa shape index (κ1) is 22.7. The molecule has 8 nitrogen and oxygen atoms in total. The Hall–Kier alpha value is -3.47. The third-order valence-electron chi connectivity index (χ3n) is 5.02. The second-order valence-corrected chi connectivity index (χ2v) is 8.81. The van der Waals surface area contributed by atoms with Gasteiger partial charge in [0.05, 0.1) is 11.3 Å². The maximum absolute atomic E-state index is 13.1. The third kappa shape index (κ3) is 4.54. The Morgan fingerprint density at radius 1 is 1.27 bits per heavy atom. The van der Waals surface area contributed by atoms with Crippen LogP contribution in [-0.4, -0.2) is 40.8 Å². The summed E-state index contributed by atoms with van der Waals surface area (Å²) < 4.78 is 1.65. The Balaban J connectivity index is 1.66. The van der Waals surface area contributed by atoms with Crippen LogP contribution in [-0.2, 0) is 6.54 Å². The number of thioether (sulfide) groups is 1. The van der Waals surface area contributed by atoms with E-state index in [0.717, 1.165) is 21.7 Å². The minimum atomic E-state index is -0.287. The van der Waals surface area contributed by atoms with Crippen molar-refractivity contribution >= 4 is 53.0 Å². The average Bonchev–Trinajstić information content (AvgIpc) is 3.50. The van der Waals surface area contributed by atoms with E-state index in [1.807, 2.05) is 35.0 Å². The molecular formula is C23H22N6O2S2. The highest BCUT2D eigenvalue weighted by Crippen LogP contribution is 2.30. The van der Waals surface area contributed by atoms with Gasteiger partial charge in [-0.25, -0.2) is 4.98 Å². The van der Waals surface area contributed by atoms with Gasteiger partial charge in [-0.2, -0.15) is 11.3 Å². The predicted octanol–water partition coefficient (Wildman–Crippen LogP) is 3.69. The van der Waals surface area contributed by atoms with Gasteiger partial charge >= 0.3 is 0 Å². The van der Waals surface area contributed by atoms with Gasteiger partial charge in [0.15, 0.2) is 5.65 Å². The normalized spacial score (nSPS) is 10.8. The lowest BCUT2D eigenvalue weighted by Crippen LogP contribution is -2.24. The fraction of sp³-hybridized carbons (Fsp3) is 0.130. The molecule has 0 unspecified atom stereocenters. The Morgan fingerprint density at radius 2 is 2.12 bits per heavy atom. The lowest BCUT2D eigenvalue weighted by molar-refractivity contribution is 0.0944. The zero-order valence-corrected chi connectivity index (χ0v) is 19.5. The fourth-order valence-electron chi connectivity index (χ4n) is 3.46. The molecule has 1 aromatic carbocycles. The molecule has 2 amide bonds. The number of imidazole rings is 1. The molecule has 0 radical (unpaired) electrons. The van der Waals surface area contributed by atoms with Gasteiger partial charge in [0, 0.05) is 41.5 Å². The molecule has 3 aromatic heterocycles. The number of nitrogens with one attached hydrogen (secondary N) is 2. The number of hydrogen-bond donors (Lipinski definition) is 3. The van der Waals surface area contributed by atoms with Crippen LogP contribution in [0.5, 0.6) is 0 Å². The third-order valence-corrected chi connectivity index (χ3v) is 6.51. The molecule has 4 rings (SSSR count). The van der Waals surface area contributed by atoms with Crippen molar-refractivity contribution in [1.29, 1.82) is 0 Å². The number of thiophene rings is 1. The van der Waals surface area contributed by atoms with Gasteiger partial charge in [0.2, 0.25) is 0 Å². The van der Waals surface area contributed by atoms with Crippen molar-refractivity contribution in [3.63, 3.8) is 0 Å². The van der Waals surface area contributed by atoms with Crippen LogP contribution in [0.15, 0.2) is 63.2 Å². The first-order valence-electron chi connectivity index (χ1n) is 10.0. The Labute approximate surface area is 198 Å². The molecular weight excluding hydrogens is 456 g/mol. The van der Waals surface area contributed by atoms with E-state index in [9.17, 15) is 9.59 Å². The number of benzene rings is 1. The maximum Gasteiger partial charge on any atom is 0.270 e. The summed E-state index contributed by atoms with van der Waals surface area (Å²) in [6.07, 6.45) is 1.73. The van der Waals surface area contributed by atoms with Gasteiger partial charge in [0.1, 0.15) is 11.4 Å². The molecule has 168 valence electrons. The summed E-state index contributed by atoms with van der Waals surface area (Å²) in [5.41, 5.74) is 9.87. The van der Waals surface area contributed by atoms with Crippen molar-refractivity contribution in [3.05, 3.63) is 70.2 Å². The number of carbonyl (C=O) groups excluding carboxylic acids is 2. The molecule has 0 aliphatic rings. The highest BCUT2D eigenvalue weighted by Gasteiger charge is 2.23. The molecule has 0 aliphatic carbocycles. The van der Waals surface area contributed by atoms with Gasteiger partial charge in [-0.05, 0) is 48.0 Å². The molecule has 0 atom stereocenters. The van der Waals surface area contributed by atoms with Crippen molar-refractivity contribution in [2.45, 2.75) is 11.4 Å². The molecule has 3 heterocycles. The van der Waals surface area contributed by atoms with Crippen molar-refractivity contribution in [2.75, 3.05) is 12.9 Å². The molecule has 0 bridgehead atoms. The molecule has 4 N–H and O–H groups in total. The number of amides is 2. The van der Waals surface area contributed by atoms with Gasteiger partial charge in [-0.15, -0.1) is 11.8 Å². The molecule has 0 saturated carbocycles. The minimum Gasteiger partial charge on any atom is -0.354 e. The number of aliphatic imine (C=N–C) groups is 1. The van der Waals surface area contributed by atoms with Crippen LogP contribution in [0.25, 0.3) is 16.9 Å². The zero-order valence-electron chi connectivity index (χ0n) is 17.9. The predicted molar refractivity (Wildman–Crippen MR) is 134 cm³/mol. The summed E-state index contributed by atoms with van der Waals surface area (Å²) in [7, 11) is 1.57. The maximum atomic E-state index is 13.1. The molecule has 0 saturated heterocycles. The Morgan fingerprint density at radius 3 is 2.82 bits per heavy atom. The number of aromatic nitrogens is 2. The quantitative estimate of drug-likeness (QED) is 0.203. The highest BCUT2D eigenvalue weighted by atomic mass is 32.2. The Bertz CT molecular complexity index is 1330. The van der Waals surface area contributed by atoms with Gasteiger partial charge < -0.3 is 16.4 Å². The lowest BCUT2D eigenvalue weighted by Gasteiger charge is -2.10. The van der Waals surface area contributed by atoms with Gasteiger partial charge in [-0.3, -0.25) is 19.0 Å². The average molecular weight is 479 g/mol. The second kappa shape index (κ2) is 9.99.